The molecule has 142 valence electrons. The van der Waals surface area contributed by atoms with Crippen molar-refractivity contribution < 1.29 is 9.53 Å². The second-order valence-corrected chi connectivity index (χ2v) is 6.38. The van der Waals surface area contributed by atoms with Gasteiger partial charge in [-0.15, -0.1) is 24.0 Å². The molecule has 1 aliphatic rings. The highest BCUT2D eigenvalue weighted by Crippen LogP contribution is 2.20. The molecular weight excluding hydrogens is 419 g/mol. The molecule has 0 bridgehead atoms. The Bertz CT molecular complexity index is 358. The minimum absolute atomic E-state index is 0. The van der Waals surface area contributed by atoms with Crippen LogP contribution in [0.3, 0.4) is 0 Å². The lowest BCUT2D eigenvalue weighted by molar-refractivity contribution is -0.121. The van der Waals surface area contributed by atoms with Crippen molar-refractivity contribution in [1.29, 1.82) is 0 Å². The number of hydrogen-bond acceptors (Lipinski definition) is 3. The number of hydrogen-bond donors (Lipinski definition) is 3. The van der Waals surface area contributed by atoms with Crippen molar-refractivity contribution in [2.75, 3.05) is 26.7 Å². The third-order valence-electron chi connectivity index (χ3n) is 3.84. The predicted molar refractivity (Wildman–Crippen MR) is 110 cm³/mol. The Hall–Kier alpha value is -0.570. The maximum absolute atomic E-state index is 11.5. The average Bonchev–Trinajstić information content (AvgIpc) is 2.53. The highest BCUT2D eigenvalue weighted by atomic mass is 127. The van der Waals surface area contributed by atoms with Crippen LogP contribution in [0.25, 0.3) is 0 Å². The molecule has 0 heterocycles. The first-order valence-corrected chi connectivity index (χ1v) is 8.97. The number of amides is 1. The van der Waals surface area contributed by atoms with Crippen LogP contribution < -0.4 is 16.0 Å². The van der Waals surface area contributed by atoms with Gasteiger partial charge in [0.1, 0.15) is 0 Å². The highest BCUT2D eigenvalue weighted by Gasteiger charge is 2.13. The Morgan fingerprint density at radius 1 is 1.17 bits per heavy atom. The number of nitrogens with zero attached hydrogens (tertiary/aromatic N) is 1. The zero-order valence-corrected chi connectivity index (χ0v) is 17.7. The summed E-state index contributed by atoms with van der Waals surface area (Å²) in [5, 5.41) is 9.27. The number of carbonyl (C=O) groups is 1. The zero-order chi connectivity index (χ0) is 16.9. The Morgan fingerprint density at radius 3 is 2.46 bits per heavy atom. The average molecular weight is 454 g/mol. The summed E-state index contributed by atoms with van der Waals surface area (Å²) >= 11 is 0. The molecule has 1 aliphatic carbocycles. The minimum Gasteiger partial charge on any atom is -0.378 e. The van der Waals surface area contributed by atoms with Gasteiger partial charge in [-0.1, -0.05) is 19.3 Å². The van der Waals surface area contributed by atoms with Gasteiger partial charge < -0.3 is 20.7 Å². The molecule has 0 saturated heterocycles. The highest BCUT2D eigenvalue weighted by molar-refractivity contribution is 14.0. The van der Waals surface area contributed by atoms with Crippen molar-refractivity contribution in [3.05, 3.63) is 0 Å². The molecule has 7 heteroatoms. The third kappa shape index (κ3) is 11.9. The van der Waals surface area contributed by atoms with Crippen molar-refractivity contribution in [2.45, 2.75) is 70.9 Å². The lowest BCUT2D eigenvalue weighted by atomic mass is 9.98. The van der Waals surface area contributed by atoms with Gasteiger partial charge in [-0.25, -0.2) is 0 Å². The van der Waals surface area contributed by atoms with Gasteiger partial charge in [-0.3, -0.25) is 9.79 Å². The fraction of sp³-hybridized carbons (Fsp3) is 0.882. The van der Waals surface area contributed by atoms with Crippen molar-refractivity contribution >= 4 is 35.8 Å². The second kappa shape index (κ2) is 14.7. The summed E-state index contributed by atoms with van der Waals surface area (Å²) < 4.78 is 5.89. The summed E-state index contributed by atoms with van der Waals surface area (Å²) in [6.07, 6.45) is 8.30. The van der Waals surface area contributed by atoms with E-state index in [1.807, 2.05) is 13.8 Å². The molecule has 3 N–H and O–H groups in total. The van der Waals surface area contributed by atoms with Crippen LogP contribution in [0, 0.1) is 0 Å². The van der Waals surface area contributed by atoms with Crippen LogP contribution in [0.15, 0.2) is 4.99 Å². The maximum atomic E-state index is 11.5. The fourth-order valence-electron chi connectivity index (χ4n) is 2.67. The quantitative estimate of drug-likeness (QED) is 0.217. The lowest BCUT2D eigenvalue weighted by Gasteiger charge is -2.22. The van der Waals surface area contributed by atoms with E-state index in [9.17, 15) is 4.79 Å². The molecule has 0 aromatic heterocycles. The molecule has 24 heavy (non-hydrogen) atoms. The molecule has 1 fully saturated rings. The summed E-state index contributed by atoms with van der Waals surface area (Å²) in [6.45, 7) is 6.12. The summed E-state index contributed by atoms with van der Waals surface area (Å²) in [5.74, 6) is 0.795. The Balaban J connectivity index is 0.00000529. The fourth-order valence-corrected chi connectivity index (χ4v) is 2.67. The van der Waals surface area contributed by atoms with Gasteiger partial charge >= 0.3 is 0 Å². The lowest BCUT2D eigenvalue weighted by Crippen LogP contribution is -2.40. The first-order chi connectivity index (χ1) is 11.1. The number of carbonyl (C=O) groups excluding carboxylic acids is 1. The van der Waals surface area contributed by atoms with Crippen molar-refractivity contribution in [3.8, 4) is 0 Å². The Labute approximate surface area is 164 Å². The normalized spacial score (nSPS) is 15.8. The predicted octanol–water partition coefficient (Wildman–Crippen LogP) is 2.42. The summed E-state index contributed by atoms with van der Waals surface area (Å²) in [4.78, 5) is 15.7. The number of aliphatic imine (C=N–C) groups is 1. The second-order valence-electron chi connectivity index (χ2n) is 6.38. The molecule has 0 aromatic carbocycles. The Morgan fingerprint density at radius 2 is 1.83 bits per heavy atom. The summed E-state index contributed by atoms with van der Waals surface area (Å²) in [5.41, 5.74) is 0. The van der Waals surface area contributed by atoms with Gasteiger partial charge in [0.25, 0.3) is 0 Å². The van der Waals surface area contributed by atoms with E-state index in [0.717, 1.165) is 25.5 Å². The van der Waals surface area contributed by atoms with Crippen molar-refractivity contribution in [3.63, 3.8) is 0 Å². The van der Waals surface area contributed by atoms with E-state index in [-0.39, 0.29) is 35.9 Å². The van der Waals surface area contributed by atoms with Crippen molar-refractivity contribution in [2.24, 2.45) is 4.99 Å². The molecule has 0 aromatic rings. The topological polar surface area (TPSA) is 74.8 Å². The molecule has 1 amide bonds. The summed E-state index contributed by atoms with van der Waals surface area (Å²) in [6, 6.07) is 0.184. The van der Waals surface area contributed by atoms with Gasteiger partial charge in [0.15, 0.2) is 5.96 Å². The van der Waals surface area contributed by atoms with Crippen LogP contribution in [0.5, 0.6) is 0 Å². The molecule has 0 radical (unpaired) electrons. The molecule has 0 aliphatic heterocycles. The number of halogens is 1. The van der Waals surface area contributed by atoms with E-state index < -0.39 is 0 Å². The van der Waals surface area contributed by atoms with Gasteiger partial charge in [-0.2, -0.15) is 0 Å². The van der Waals surface area contributed by atoms with Gasteiger partial charge in [0.2, 0.25) is 5.91 Å². The maximum Gasteiger partial charge on any atom is 0.221 e. The molecule has 1 saturated carbocycles. The molecule has 0 unspecified atom stereocenters. The summed E-state index contributed by atoms with van der Waals surface area (Å²) in [7, 11) is 1.74. The molecule has 0 spiro atoms. The van der Waals surface area contributed by atoms with E-state index in [0.29, 0.717) is 19.1 Å². The van der Waals surface area contributed by atoms with Crippen LogP contribution in [0.1, 0.15) is 58.8 Å². The van der Waals surface area contributed by atoms with Crippen molar-refractivity contribution in [1.82, 2.24) is 16.0 Å². The third-order valence-corrected chi connectivity index (χ3v) is 3.84. The Kier molecular flexibility index (Phi) is 14.4. The molecule has 6 nitrogen and oxygen atoms in total. The van der Waals surface area contributed by atoms with Gasteiger partial charge in [0.05, 0.1) is 6.10 Å². The van der Waals surface area contributed by atoms with E-state index >= 15 is 0 Å². The first kappa shape index (κ1) is 23.4. The number of ether oxygens (including phenoxy) is 1. The van der Waals surface area contributed by atoms with E-state index in [2.05, 4.69) is 20.9 Å². The molecule has 1 rings (SSSR count). The van der Waals surface area contributed by atoms with Crippen LogP contribution in [-0.4, -0.2) is 50.8 Å². The minimum atomic E-state index is 0. The first-order valence-electron chi connectivity index (χ1n) is 8.97. The van der Waals surface area contributed by atoms with E-state index in [1.54, 1.807) is 7.05 Å². The smallest absolute Gasteiger partial charge is 0.221 e. The molecule has 0 atom stereocenters. The van der Waals surface area contributed by atoms with E-state index in [1.165, 1.54) is 32.1 Å². The SMILES string of the molecule is CN=C(NCCCOC1CCCCC1)NCCC(=O)NC(C)C.I. The van der Waals surface area contributed by atoms with Crippen LogP contribution >= 0.6 is 24.0 Å². The molecular formula is C17H35IN4O2. The standard InChI is InChI=1S/C17H34N4O2.HI/c1-14(2)21-16(22)10-12-20-17(18-3)19-11-7-13-23-15-8-5-4-6-9-15;/h14-15H,4-13H2,1-3H3,(H,21,22)(H2,18,19,20);1H. The van der Waals surface area contributed by atoms with Gasteiger partial charge in [-0.05, 0) is 33.1 Å². The number of guanidine groups is 1. The zero-order valence-electron chi connectivity index (χ0n) is 15.4. The number of nitrogens with one attached hydrogen (secondary N) is 3. The largest absolute Gasteiger partial charge is 0.378 e. The van der Waals surface area contributed by atoms with Crippen LogP contribution in [0.2, 0.25) is 0 Å². The van der Waals surface area contributed by atoms with Gasteiger partial charge in [0, 0.05) is 39.2 Å². The van der Waals surface area contributed by atoms with E-state index in [4.69, 9.17) is 4.74 Å². The van der Waals surface area contributed by atoms with Crippen LogP contribution in [-0.2, 0) is 9.53 Å². The van der Waals surface area contributed by atoms with Crippen LogP contribution in [0.4, 0.5) is 0 Å². The monoisotopic (exact) mass is 454 g/mol. The number of rotatable bonds is 9.